The van der Waals surface area contributed by atoms with Gasteiger partial charge in [-0.05, 0) is 36.2 Å². The molecule has 0 bridgehead atoms. The number of benzene rings is 1. The Morgan fingerprint density at radius 3 is 2.52 bits per heavy atom. The predicted molar refractivity (Wildman–Crippen MR) is 97.1 cm³/mol. The van der Waals surface area contributed by atoms with E-state index in [-0.39, 0.29) is 28.0 Å². The number of alkyl halides is 3. The molecule has 0 unspecified atom stereocenters. The second kappa shape index (κ2) is 7.32. The molecule has 0 saturated carbocycles. The van der Waals surface area contributed by atoms with Crippen molar-refractivity contribution in [3.8, 4) is 11.5 Å². The average molecular weight is 414 g/mol. The first-order valence-electron chi connectivity index (χ1n) is 7.73. The van der Waals surface area contributed by atoms with Gasteiger partial charge in [0.1, 0.15) is 5.69 Å². The summed E-state index contributed by atoms with van der Waals surface area (Å²) in [5, 5.41) is 0.456. The van der Waals surface area contributed by atoms with Crippen LogP contribution in [0.15, 0.2) is 41.3 Å². The fraction of sp³-hybridized carbons (Fsp3) is 0.167. The van der Waals surface area contributed by atoms with Crippen LogP contribution in [0, 0.1) is 6.92 Å². The normalized spacial score (nSPS) is 11.6. The molecule has 2 heterocycles. The lowest BCUT2D eigenvalue weighted by molar-refractivity contribution is -0.141. The molecular weight excluding hydrogens is 402 g/mol. The average Bonchev–Trinajstić information content (AvgIpc) is 2.59. The predicted octanol–water partition coefficient (Wildman–Crippen LogP) is 5.06. The van der Waals surface area contributed by atoms with Crippen LogP contribution in [-0.4, -0.2) is 15.0 Å². The van der Waals surface area contributed by atoms with Crippen molar-refractivity contribution < 1.29 is 13.2 Å². The molecule has 27 heavy (non-hydrogen) atoms. The quantitative estimate of drug-likeness (QED) is 0.652. The standard InChI is InChI=1S/C18H12Cl2F3N3O/c1-9-3-2-6-24-14(9)16-25-15(18(21,22)23)11(17(27)26-16)7-10-4-5-12(19)13(20)8-10/h2-6,8H,7H2,1H3,(H,25,26,27). The van der Waals surface area contributed by atoms with Gasteiger partial charge in [0.15, 0.2) is 11.5 Å². The highest BCUT2D eigenvalue weighted by Gasteiger charge is 2.37. The minimum Gasteiger partial charge on any atom is -0.305 e. The second-order valence-corrected chi connectivity index (χ2v) is 6.65. The maximum atomic E-state index is 13.6. The van der Waals surface area contributed by atoms with Gasteiger partial charge < -0.3 is 4.98 Å². The van der Waals surface area contributed by atoms with Gasteiger partial charge >= 0.3 is 6.18 Å². The maximum absolute atomic E-state index is 13.6. The van der Waals surface area contributed by atoms with Crippen molar-refractivity contribution in [3.05, 3.63) is 79.3 Å². The van der Waals surface area contributed by atoms with E-state index >= 15 is 0 Å². The number of H-pyrrole nitrogens is 1. The van der Waals surface area contributed by atoms with Crippen LogP contribution >= 0.6 is 23.2 Å². The first-order valence-corrected chi connectivity index (χ1v) is 8.48. The highest BCUT2D eigenvalue weighted by molar-refractivity contribution is 6.42. The largest absolute Gasteiger partial charge is 0.433 e. The summed E-state index contributed by atoms with van der Waals surface area (Å²) in [4.78, 5) is 22.6. The summed E-state index contributed by atoms with van der Waals surface area (Å²) in [6, 6.07) is 7.68. The Labute approximate surface area is 162 Å². The van der Waals surface area contributed by atoms with E-state index in [1.165, 1.54) is 24.4 Å². The van der Waals surface area contributed by atoms with E-state index in [2.05, 4.69) is 15.0 Å². The van der Waals surface area contributed by atoms with Gasteiger partial charge in [0.05, 0.1) is 15.6 Å². The highest BCUT2D eigenvalue weighted by Crippen LogP contribution is 2.32. The van der Waals surface area contributed by atoms with E-state index in [9.17, 15) is 18.0 Å². The van der Waals surface area contributed by atoms with E-state index < -0.39 is 23.0 Å². The summed E-state index contributed by atoms with van der Waals surface area (Å²) in [6.07, 6.45) is -3.69. The minimum absolute atomic E-state index is 0.182. The lowest BCUT2D eigenvalue weighted by atomic mass is 10.0. The number of aromatic nitrogens is 3. The van der Waals surface area contributed by atoms with Crippen molar-refractivity contribution >= 4 is 23.2 Å². The van der Waals surface area contributed by atoms with Crippen LogP contribution in [-0.2, 0) is 12.6 Å². The zero-order valence-corrected chi connectivity index (χ0v) is 15.4. The maximum Gasteiger partial charge on any atom is 0.433 e. The van der Waals surface area contributed by atoms with Gasteiger partial charge in [-0.3, -0.25) is 9.78 Å². The molecule has 9 heteroatoms. The van der Waals surface area contributed by atoms with Crippen molar-refractivity contribution in [2.24, 2.45) is 0 Å². The third-order valence-corrected chi connectivity index (χ3v) is 4.62. The molecule has 4 nitrogen and oxygen atoms in total. The Morgan fingerprint density at radius 2 is 1.89 bits per heavy atom. The molecule has 0 spiro atoms. The number of nitrogens with one attached hydrogen (secondary N) is 1. The number of nitrogens with zero attached hydrogens (tertiary/aromatic N) is 2. The molecule has 0 fully saturated rings. The zero-order chi connectivity index (χ0) is 19.8. The fourth-order valence-corrected chi connectivity index (χ4v) is 2.92. The Balaban J connectivity index is 2.15. The van der Waals surface area contributed by atoms with E-state index in [0.717, 1.165) is 0 Å². The monoisotopic (exact) mass is 413 g/mol. The molecule has 2 aromatic heterocycles. The third kappa shape index (κ3) is 4.14. The van der Waals surface area contributed by atoms with E-state index in [0.29, 0.717) is 11.1 Å². The number of hydrogen-bond donors (Lipinski definition) is 1. The zero-order valence-electron chi connectivity index (χ0n) is 13.9. The second-order valence-electron chi connectivity index (χ2n) is 5.83. The van der Waals surface area contributed by atoms with Gasteiger partial charge in [0, 0.05) is 12.6 Å². The summed E-state index contributed by atoms with van der Waals surface area (Å²) < 4.78 is 40.8. The first-order chi connectivity index (χ1) is 12.7. The molecule has 0 saturated heterocycles. The third-order valence-electron chi connectivity index (χ3n) is 3.88. The summed E-state index contributed by atoms with van der Waals surface area (Å²) in [7, 11) is 0. The number of pyridine rings is 1. The van der Waals surface area contributed by atoms with Gasteiger partial charge in [0.25, 0.3) is 5.56 Å². The smallest absolute Gasteiger partial charge is 0.305 e. The van der Waals surface area contributed by atoms with Crippen LogP contribution in [0.3, 0.4) is 0 Å². The molecule has 0 amide bonds. The number of rotatable bonds is 3. The van der Waals surface area contributed by atoms with E-state index in [1.54, 1.807) is 19.1 Å². The molecule has 1 aromatic carbocycles. The van der Waals surface area contributed by atoms with Gasteiger partial charge in [-0.15, -0.1) is 0 Å². The SMILES string of the molecule is Cc1cccnc1-c1nc(C(F)(F)F)c(Cc2ccc(Cl)c(Cl)c2)c(=O)[nH]1. The Kier molecular flexibility index (Phi) is 5.26. The summed E-state index contributed by atoms with van der Waals surface area (Å²) in [5.74, 6) is -0.233. The van der Waals surface area contributed by atoms with Crippen molar-refractivity contribution in [3.63, 3.8) is 0 Å². The molecule has 0 aliphatic carbocycles. The molecular formula is C18H12Cl2F3N3O. The number of halogens is 5. The van der Waals surface area contributed by atoms with Crippen molar-refractivity contribution in [1.29, 1.82) is 0 Å². The summed E-state index contributed by atoms with van der Waals surface area (Å²) in [6.45, 7) is 1.67. The molecule has 0 atom stereocenters. The van der Waals surface area contributed by atoms with Crippen LogP contribution in [0.4, 0.5) is 13.2 Å². The van der Waals surface area contributed by atoms with E-state index in [4.69, 9.17) is 23.2 Å². The van der Waals surface area contributed by atoms with Crippen LogP contribution in [0.1, 0.15) is 22.4 Å². The van der Waals surface area contributed by atoms with Crippen molar-refractivity contribution in [2.45, 2.75) is 19.5 Å². The molecule has 3 aromatic rings. The van der Waals surface area contributed by atoms with Crippen LogP contribution in [0.25, 0.3) is 11.5 Å². The molecule has 1 N–H and O–H groups in total. The van der Waals surface area contributed by atoms with E-state index in [1.807, 2.05) is 0 Å². The van der Waals surface area contributed by atoms with Gasteiger partial charge in [-0.25, -0.2) is 4.98 Å². The van der Waals surface area contributed by atoms with Gasteiger partial charge in [-0.1, -0.05) is 35.3 Å². The van der Waals surface area contributed by atoms with Crippen molar-refractivity contribution in [2.75, 3.05) is 0 Å². The molecule has 0 radical (unpaired) electrons. The Bertz CT molecular complexity index is 1060. The number of aromatic amines is 1. The number of aryl methyl sites for hydroxylation is 1. The first kappa shape index (κ1) is 19.4. The molecule has 0 aliphatic rings. The summed E-state index contributed by atoms with van der Waals surface area (Å²) >= 11 is 11.7. The van der Waals surface area contributed by atoms with Gasteiger partial charge in [0.2, 0.25) is 0 Å². The Morgan fingerprint density at radius 1 is 1.15 bits per heavy atom. The van der Waals surface area contributed by atoms with Crippen LogP contribution in [0.5, 0.6) is 0 Å². The lowest BCUT2D eigenvalue weighted by Crippen LogP contribution is -2.24. The topological polar surface area (TPSA) is 58.6 Å². The number of hydrogen-bond acceptors (Lipinski definition) is 3. The van der Waals surface area contributed by atoms with Crippen molar-refractivity contribution in [1.82, 2.24) is 15.0 Å². The van der Waals surface area contributed by atoms with Crippen LogP contribution in [0.2, 0.25) is 10.0 Å². The lowest BCUT2D eigenvalue weighted by Gasteiger charge is -2.13. The fourth-order valence-electron chi connectivity index (χ4n) is 2.60. The van der Waals surface area contributed by atoms with Crippen LogP contribution < -0.4 is 5.56 Å². The minimum atomic E-state index is -4.81. The molecule has 140 valence electrons. The van der Waals surface area contributed by atoms with Gasteiger partial charge in [-0.2, -0.15) is 13.2 Å². The Hall–Kier alpha value is -2.38. The highest BCUT2D eigenvalue weighted by atomic mass is 35.5. The molecule has 0 aliphatic heterocycles. The molecule has 3 rings (SSSR count). The summed E-state index contributed by atoms with van der Waals surface area (Å²) in [5.41, 5.74) is -1.46.